The maximum absolute atomic E-state index is 12.4. The van der Waals surface area contributed by atoms with Gasteiger partial charge < -0.3 is 5.32 Å². The Kier molecular flexibility index (Phi) is 6.47. The molecule has 0 atom stereocenters. The average Bonchev–Trinajstić information content (AvgIpc) is 3.21. The summed E-state index contributed by atoms with van der Waals surface area (Å²) in [6.07, 6.45) is 0. The van der Waals surface area contributed by atoms with E-state index in [1.165, 1.54) is 11.8 Å². The Morgan fingerprint density at radius 1 is 0.933 bits per heavy atom. The van der Waals surface area contributed by atoms with Crippen LogP contribution in [0.5, 0.6) is 0 Å². The molecule has 0 aliphatic rings. The van der Waals surface area contributed by atoms with E-state index in [0.29, 0.717) is 16.7 Å². The van der Waals surface area contributed by atoms with Crippen LogP contribution in [-0.2, 0) is 11.3 Å². The van der Waals surface area contributed by atoms with Crippen LogP contribution in [0.25, 0.3) is 17.1 Å². The first-order valence-electron chi connectivity index (χ1n) is 9.41. The van der Waals surface area contributed by atoms with E-state index in [1.54, 1.807) is 0 Å². The van der Waals surface area contributed by atoms with E-state index in [1.807, 2.05) is 89.5 Å². The van der Waals surface area contributed by atoms with E-state index < -0.39 is 0 Å². The number of carbonyl (C=O) groups excluding carboxylic acids is 1. The number of amides is 1. The Hall–Kier alpha value is -3.09. The molecule has 3 aromatic carbocycles. The van der Waals surface area contributed by atoms with Crippen molar-refractivity contribution in [3.8, 4) is 17.1 Å². The lowest BCUT2D eigenvalue weighted by Gasteiger charge is -2.10. The summed E-state index contributed by atoms with van der Waals surface area (Å²) < 4.78 is 1.98. The normalized spacial score (nSPS) is 10.7. The van der Waals surface area contributed by atoms with Crippen LogP contribution in [0.3, 0.4) is 0 Å². The topological polar surface area (TPSA) is 59.8 Å². The van der Waals surface area contributed by atoms with E-state index in [9.17, 15) is 4.79 Å². The number of carbonyl (C=O) groups is 1. The maximum atomic E-state index is 12.4. The number of para-hydroxylation sites is 1. The monoisotopic (exact) mass is 434 g/mol. The molecule has 1 heterocycles. The maximum Gasteiger partial charge on any atom is 0.230 e. The molecule has 0 radical (unpaired) electrons. The van der Waals surface area contributed by atoms with E-state index in [4.69, 9.17) is 11.6 Å². The molecule has 30 heavy (non-hydrogen) atoms. The number of aromatic nitrogens is 3. The summed E-state index contributed by atoms with van der Waals surface area (Å²) in [7, 11) is 0. The number of nitrogens with zero attached hydrogens (tertiary/aromatic N) is 3. The highest BCUT2D eigenvalue weighted by atomic mass is 35.5. The summed E-state index contributed by atoms with van der Waals surface area (Å²) in [4.78, 5) is 12.4. The number of hydrogen-bond donors (Lipinski definition) is 1. The van der Waals surface area contributed by atoms with Crippen molar-refractivity contribution in [3.63, 3.8) is 0 Å². The molecule has 0 spiro atoms. The van der Waals surface area contributed by atoms with E-state index in [-0.39, 0.29) is 11.7 Å². The molecule has 5 nitrogen and oxygen atoms in total. The van der Waals surface area contributed by atoms with E-state index >= 15 is 0 Å². The predicted molar refractivity (Wildman–Crippen MR) is 121 cm³/mol. The van der Waals surface area contributed by atoms with Gasteiger partial charge in [0.1, 0.15) is 0 Å². The van der Waals surface area contributed by atoms with Gasteiger partial charge in [0.05, 0.1) is 5.75 Å². The standard InChI is InChI=1S/C23H19ClN4OS/c24-19-11-7-8-17(14-19)15-25-21(29)16-30-23-27-26-22(18-9-3-1-4-10-18)28(23)20-12-5-2-6-13-20/h1-14H,15-16H2,(H,25,29). The minimum Gasteiger partial charge on any atom is -0.351 e. The summed E-state index contributed by atoms with van der Waals surface area (Å²) in [5.41, 5.74) is 2.87. The molecular formula is C23H19ClN4OS. The molecule has 0 fully saturated rings. The van der Waals surface area contributed by atoms with Crippen molar-refractivity contribution in [1.82, 2.24) is 20.1 Å². The summed E-state index contributed by atoms with van der Waals surface area (Å²) in [5, 5.41) is 13.0. The van der Waals surface area contributed by atoms with Crippen LogP contribution < -0.4 is 5.32 Å². The molecule has 0 aliphatic heterocycles. The third-order valence-corrected chi connectivity index (χ3v) is 5.55. The van der Waals surface area contributed by atoms with Gasteiger partial charge >= 0.3 is 0 Å². The summed E-state index contributed by atoms with van der Waals surface area (Å²) in [6, 6.07) is 27.2. The van der Waals surface area contributed by atoms with Gasteiger partial charge in [0, 0.05) is 22.8 Å². The molecule has 0 bridgehead atoms. The summed E-state index contributed by atoms with van der Waals surface area (Å²) in [6.45, 7) is 0.431. The minimum absolute atomic E-state index is 0.0798. The number of thioether (sulfide) groups is 1. The molecule has 1 N–H and O–H groups in total. The fourth-order valence-corrected chi connectivity index (χ4v) is 3.97. The van der Waals surface area contributed by atoms with Crippen molar-refractivity contribution < 1.29 is 4.79 Å². The third kappa shape index (κ3) is 4.90. The fraction of sp³-hybridized carbons (Fsp3) is 0.0870. The molecule has 0 aliphatic carbocycles. The number of benzene rings is 3. The van der Waals surface area contributed by atoms with Crippen molar-refractivity contribution in [2.24, 2.45) is 0 Å². The minimum atomic E-state index is -0.0798. The SMILES string of the molecule is O=C(CSc1nnc(-c2ccccc2)n1-c1ccccc1)NCc1cccc(Cl)c1. The molecule has 0 saturated carbocycles. The van der Waals surface area contributed by atoms with E-state index in [0.717, 1.165) is 22.6 Å². The molecule has 7 heteroatoms. The first-order chi connectivity index (χ1) is 14.7. The first kappa shape index (κ1) is 20.2. The van der Waals surface area contributed by atoms with Crippen LogP contribution in [-0.4, -0.2) is 26.4 Å². The predicted octanol–water partition coefficient (Wildman–Crippen LogP) is 5.00. The van der Waals surface area contributed by atoms with Crippen LogP contribution in [0.15, 0.2) is 90.1 Å². The molecule has 1 amide bonds. The lowest BCUT2D eigenvalue weighted by atomic mass is 10.2. The molecule has 0 unspecified atom stereocenters. The van der Waals surface area contributed by atoms with Gasteiger partial charge in [0.2, 0.25) is 5.91 Å². The number of nitrogens with one attached hydrogen (secondary N) is 1. The van der Waals surface area contributed by atoms with Crippen molar-refractivity contribution in [2.75, 3.05) is 5.75 Å². The van der Waals surface area contributed by atoms with Gasteiger partial charge in [-0.15, -0.1) is 10.2 Å². The molecule has 150 valence electrons. The zero-order chi connectivity index (χ0) is 20.8. The Balaban J connectivity index is 1.50. The van der Waals surface area contributed by atoms with E-state index in [2.05, 4.69) is 15.5 Å². The molecule has 4 aromatic rings. The Bertz CT molecular complexity index is 1130. The van der Waals surface area contributed by atoms with Gasteiger partial charge in [0.15, 0.2) is 11.0 Å². The Morgan fingerprint density at radius 3 is 2.40 bits per heavy atom. The van der Waals surface area contributed by atoms with Crippen LogP contribution >= 0.6 is 23.4 Å². The smallest absolute Gasteiger partial charge is 0.230 e. The summed E-state index contributed by atoms with van der Waals surface area (Å²) >= 11 is 7.35. The first-order valence-corrected chi connectivity index (χ1v) is 10.8. The second-order valence-corrected chi connectivity index (χ2v) is 7.92. The number of hydrogen-bond acceptors (Lipinski definition) is 4. The third-order valence-electron chi connectivity index (χ3n) is 4.39. The molecule has 4 rings (SSSR count). The number of halogens is 1. The van der Waals surface area contributed by atoms with Crippen molar-refractivity contribution in [3.05, 3.63) is 95.5 Å². The van der Waals surface area contributed by atoms with Crippen molar-refractivity contribution in [2.45, 2.75) is 11.7 Å². The van der Waals surface area contributed by atoms with Crippen LogP contribution in [0, 0.1) is 0 Å². The summed E-state index contributed by atoms with van der Waals surface area (Å²) in [5.74, 6) is 0.896. The highest BCUT2D eigenvalue weighted by Crippen LogP contribution is 2.27. The van der Waals surface area contributed by atoms with Gasteiger partial charge in [0.25, 0.3) is 0 Å². The van der Waals surface area contributed by atoms with Gasteiger partial charge in [-0.3, -0.25) is 9.36 Å². The highest BCUT2D eigenvalue weighted by Gasteiger charge is 2.17. The van der Waals surface area contributed by atoms with Crippen molar-refractivity contribution in [1.29, 1.82) is 0 Å². The van der Waals surface area contributed by atoms with Gasteiger partial charge in [-0.05, 0) is 29.8 Å². The van der Waals surface area contributed by atoms with Crippen molar-refractivity contribution >= 4 is 29.3 Å². The van der Waals surface area contributed by atoms with Crippen LogP contribution in [0.2, 0.25) is 5.02 Å². The van der Waals surface area contributed by atoms with Gasteiger partial charge in [-0.25, -0.2) is 0 Å². The lowest BCUT2D eigenvalue weighted by Crippen LogP contribution is -2.24. The molecule has 1 aromatic heterocycles. The quantitative estimate of drug-likeness (QED) is 0.416. The second kappa shape index (κ2) is 9.61. The van der Waals surface area contributed by atoms with Crippen LogP contribution in [0.4, 0.5) is 0 Å². The average molecular weight is 435 g/mol. The Labute approximate surface area is 184 Å². The zero-order valence-electron chi connectivity index (χ0n) is 16.0. The number of rotatable bonds is 7. The second-order valence-electron chi connectivity index (χ2n) is 6.54. The van der Waals surface area contributed by atoms with Gasteiger partial charge in [-0.2, -0.15) is 0 Å². The lowest BCUT2D eigenvalue weighted by molar-refractivity contribution is -0.118. The Morgan fingerprint density at radius 2 is 1.67 bits per heavy atom. The molecule has 0 saturated heterocycles. The van der Waals surface area contributed by atoms with Gasteiger partial charge in [-0.1, -0.05) is 84.0 Å². The largest absolute Gasteiger partial charge is 0.351 e. The fourth-order valence-electron chi connectivity index (χ4n) is 2.98. The molecular weight excluding hydrogens is 416 g/mol. The highest BCUT2D eigenvalue weighted by molar-refractivity contribution is 7.99. The zero-order valence-corrected chi connectivity index (χ0v) is 17.6. The van der Waals surface area contributed by atoms with Crippen LogP contribution in [0.1, 0.15) is 5.56 Å².